The Labute approximate surface area is 115 Å². The third kappa shape index (κ3) is 3.46. The first kappa shape index (κ1) is 13.8. The number of rotatable bonds is 3. The van der Waals surface area contributed by atoms with Gasteiger partial charge in [0.15, 0.2) is 0 Å². The van der Waals surface area contributed by atoms with Crippen molar-refractivity contribution in [1.82, 2.24) is 5.32 Å². The maximum atomic E-state index is 13.6. The zero-order valence-corrected chi connectivity index (χ0v) is 10.5. The zero-order valence-electron chi connectivity index (χ0n) is 10.5. The van der Waals surface area contributed by atoms with E-state index >= 15 is 0 Å². The predicted molar refractivity (Wildman–Crippen MR) is 70.2 cm³/mol. The van der Waals surface area contributed by atoms with Crippen molar-refractivity contribution in [2.24, 2.45) is 0 Å². The highest BCUT2D eigenvalue weighted by Gasteiger charge is 2.12. The first-order chi connectivity index (χ1) is 9.70. The molecule has 0 aliphatic rings. The highest BCUT2D eigenvalue weighted by molar-refractivity contribution is 5.94. The Bertz CT molecular complexity index is 653. The Hall–Kier alpha value is -2.58. The Morgan fingerprint density at radius 3 is 2.95 bits per heavy atom. The van der Waals surface area contributed by atoms with Crippen LogP contribution in [0.2, 0.25) is 0 Å². The average Bonchev–Trinajstić information content (AvgIpc) is 2.97. The minimum absolute atomic E-state index is 0.0850. The van der Waals surface area contributed by atoms with Crippen molar-refractivity contribution in [3.05, 3.63) is 59.3 Å². The fourth-order valence-corrected chi connectivity index (χ4v) is 1.59. The van der Waals surface area contributed by atoms with E-state index in [0.29, 0.717) is 5.56 Å². The number of hydrogen-bond donors (Lipinski definition) is 2. The van der Waals surface area contributed by atoms with E-state index in [1.165, 1.54) is 30.7 Å². The Morgan fingerprint density at radius 2 is 2.25 bits per heavy atom. The van der Waals surface area contributed by atoms with Gasteiger partial charge in [-0.15, -0.1) is 0 Å². The monoisotopic (exact) mass is 273 g/mol. The Balaban J connectivity index is 2.12. The molecule has 5 heteroatoms. The van der Waals surface area contributed by atoms with Crippen molar-refractivity contribution >= 4 is 5.91 Å². The van der Waals surface area contributed by atoms with Gasteiger partial charge in [-0.25, -0.2) is 4.39 Å². The molecule has 0 atom stereocenters. The lowest BCUT2D eigenvalue weighted by atomic mass is 10.1. The van der Waals surface area contributed by atoms with Crippen LogP contribution in [-0.2, 0) is 6.54 Å². The molecule has 0 saturated heterocycles. The van der Waals surface area contributed by atoms with E-state index in [4.69, 9.17) is 9.52 Å². The molecule has 1 heterocycles. The summed E-state index contributed by atoms with van der Waals surface area (Å²) in [4.78, 5) is 11.9. The van der Waals surface area contributed by atoms with Crippen LogP contribution in [0, 0.1) is 17.7 Å². The lowest BCUT2D eigenvalue weighted by Crippen LogP contribution is -2.23. The van der Waals surface area contributed by atoms with Gasteiger partial charge >= 0.3 is 0 Å². The summed E-state index contributed by atoms with van der Waals surface area (Å²) in [5.41, 5.74) is 1.17. The normalized spacial score (nSPS) is 9.70. The van der Waals surface area contributed by atoms with Gasteiger partial charge in [-0.3, -0.25) is 4.79 Å². The number of benzene rings is 1. The number of amides is 1. The number of hydrogen-bond acceptors (Lipinski definition) is 3. The SMILES string of the molecule is O=C(NCc1ccoc1)c1cc(C#CCO)ccc1F. The van der Waals surface area contributed by atoms with Crippen molar-refractivity contribution in [3.8, 4) is 11.8 Å². The maximum Gasteiger partial charge on any atom is 0.254 e. The van der Waals surface area contributed by atoms with Crippen molar-refractivity contribution < 1.29 is 18.7 Å². The molecule has 0 unspecified atom stereocenters. The van der Waals surface area contributed by atoms with E-state index in [1.54, 1.807) is 6.07 Å². The highest BCUT2D eigenvalue weighted by atomic mass is 19.1. The molecule has 102 valence electrons. The van der Waals surface area contributed by atoms with Crippen molar-refractivity contribution in [3.63, 3.8) is 0 Å². The summed E-state index contributed by atoms with van der Waals surface area (Å²) in [5.74, 6) is 3.92. The molecule has 0 fully saturated rings. The molecule has 0 aliphatic carbocycles. The summed E-state index contributed by atoms with van der Waals surface area (Å²) in [6.07, 6.45) is 2.99. The number of nitrogens with one attached hydrogen (secondary N) is 1. The van der Waals surface area contributed by atoms with Gasteiger partial charge in [0, 0.05) is 17.7 Å². The zero-order chi connectivity index (χ0) is 14.4. The van der Waals surface area contributed by atoms with E-state index in [1.807, 2.05) is 0 Å². The quantitative estimate of drug-likeness (QED) is 0.837. The standard InChI is InChI=1S/C15H12FNO3/c16-14-4-3-11(2-1-6-18)8-13(14)15(19)17-9-12-5-7-20-10-12/h3-5,7-8,10,18H,6,9H2,(H,17,19). The molecule has 0 aliphatic heterocycles. The molecule has 0 bridgehead atoms. The van der Waals surface area contributed by atoms with Crippen LogP contribution in [0.3, 0.4) is 0 Å². The number of aliphatic hydroxyl groups excluding tert-OH is 1. The van der Waals surface area contributed by atoms with Crippen molar-refractivity contribution in [2.75, 3.05) is 6.61 Å². The largest absolute Gasteiger partial charge is 0.472 e. The number of carbonyl (C=O) groups is 1. The second-order valence-corrected chi connectivity index (χ2v) is 3.97. The van der Waals surface area contributed by atoms with Gasteiger partial charge in [0.05, 0.1) is 18.1 Å². The van der Waals surface area contributed by atoms with Crippen LogP contribution in [0.25, 0.3) is 0 Å². The van der Waals surface area contributed by atoms with Gasteiger partial charge in [0.25, 0.3) is 5.91 Å². The van der Waals surface area contributed by atoms with Gasteiger partial charge < -0.3 is 14.8 Å². The summed E-state index contributed by atoms with van der Waals surface area (Å²) in [6, 6.07) is 5.68. The van der Waals surface area contributed by atoms with Crippen LogP contribution >= 0.6 is 0 Å². The van der Waals surface area contributed by atoms with Gasteiger partial charge in [-0.1, -0.05) is 11.8 Å². The summed E-state index contributed by atoms with van der Waals surface area (Å²) in [7, 11) is 0. The maximum absolute atomic E-state index is 13.6. The van der Waals surface area contributed by atoms with Crippen LogP contribution in [0.15, 0.2) is 41.2 Å². The second kappa shape index (κ2) is 6.55. The number of aliphatic hydroxyl groups is 1. The van der Waals surface area contributed by atoms with Crippen LogP contribution in [0.1, 0.15) is 21.5 Å². The Morgan fingerprint density at radius 1 is 1.40 bits per heavy atom. The van der Waals surface area contributed by atoms with E-state index in [9.17, 15) is 9.18 Å². The summed E-state index contributed by atoms with van der Waals surface area (Å²) >= 11 is 0. The molecule has 0 radical (unpaired) electrons. The highest BCUT2D eigenvalue weighted by Crippen LogP contribution is 2.10. The lowest BCUT2D eigenvalue weighted by Gasteiger charge is -2.05. The minimum Gasteiger partial charge on any atom is -0.472 e. The topological polar surface area (TPSA) is 62.5 Å². The number of halogens is 1. The summed E-state index contributed by atoms with van der Waals surface area (Å²) in [5, 5.41) is 11.2. The smallest absolute Gasteiger partial charge is 0.254 e. The van der Waals surface area contributed by atoms with E-state index in [0.717, 1.165) is 5.56 Å². The van der Waals surface area contributed by atoms with E-state index < -0.39 is 11.7 Å². The molecular formula is C15H12FNO3. The third-order valence-electron chi connectivity index (χ3n) is 2.56. The van der Waals surface area contributed by atoms with Crippen molar-refractivity contribution in [1.29, 1.82) is 0 Å². The molecular weight excluding hydrogens is 261 g/mol. The molecule has 0 spiro atoms. The van der Waals surface area contributed by atoms with E-state index in [2.05, 4.69) is 17.2 Å². The number of furan rings is 1. The molecule has 0 saturated carbocycles. The summed E-state index contributed by atoms with van der Waals surface area (Å²) in [6.45, 7) is -0.0410. The van der Waals surface area contributed by atoms with Gasteiger partial charge in [-0.2, -0.15) is 0 Å². The van der Waals surface area contributed by atoms with E-state index in [-0.39, 0.29) is 18.7 Å². The van der Waals surface area contributed by atoms with Crippen LogP contribution in [-0.4, -0.2) is 17.6 Å². The molecule has 2 rings (SSSR count). The van der Waals surface area contributed by atoms with Crippen molar-refractivity contribution in [2.45, 2.75) is 6.54 Å². The van der Waals surface area contributed by atoms with Crippen LogP contribution in [0.4, 0.5) is 4.39 Å². The fourth-order valence-electron chi connectivity index (χ4n) is 1.59. The predicted octanol–water partition coefficient (Wildman–Crippen LogP) is 1.69. The average molecular weight is 273 g/mol. The minimum atomic E-state index is -0.621. The lowest BCUT2D eigenvalue weighted by molar-refractivity contribution is 0.0947. The van der Waals surface area contributed by atoms with Gasteiger partial charge in [0.2, 0.25) is 0 Å². The fraction of sp³-hybridized carbons (Fsp3) is 0.133. The van der Waals surface area contributed by atoms with Crippen LogP contribution < -0.4 is 5.32 Å². The Kier molecular flexibility index (Phi) is 4.53. The van der Waals surface area contributed by atoms with Gasteiger partial charge in [0.1, 0.15) is 12.4 Å². The molecule has 20 heavy (non-hydrogen) atoms. The molecule has 1 amide bonds. The second-order valence-electron chi connectivity index (χ2n) is 3.97. The summed E-state index contributed by atoms with van der Waals surface area (Å²) < 4.78 is 18.5. The molecule has 1 aromatic carbocycles. The van der Waals surface area contributed by atoms with Gasteiger partial charge in [-0.05, 0) is 24.3 Å². The molecule has 2 N–H and O–H groups in total. The first-order valence-electron chi connectivity index (χ1n) is 5.89. The van der Waals surface area contributed by atoms with Crippen LogP contribution in [0.5, 0.6) is 0 Å². The molecule has 1 aromatic heterocycles. The molecule has 2 aromatic rings. The number of carbonyl (C=O) groups excluding carboxylic acids is 1. The molecule has 4 nitrogen and oxygen atoms in total. The first-order valence-corrected chi connectivity index (χ1v) is 5.89. The third-order valence-corrected chi connectivity index (χ3v) is 2.56.